The molecule has 9 heteroatoms. The van der Waals surface area contributed by atoms with E-state index in [-0.39, 0.29) is 11.7 Å². The van der Waals surface area contributed by atoms with Crippen molar-refractivity contribution >= 4 is 22.8 Å². The summed E-state index contributed by atoms with van der Waals surface area (Å²) in [7, 11) is 1.75. The molecule has 0 fully saturated rings. The molecule has 2 aromatic carbocycles. The minimum Gasteiger partial charge on any atom is -0.434 e. The van der Waals surface area contributed by atoms with E-state index in [0.29, 0.717) is 52.8 Å². The second kappa shape index (κ2) is 7.33. The lowest BCUT2D eigenvalue weighted by molar-refractivity contribution is 0.0974. The maximum Gasteiger partial charge on any atom is 0.278 e. The monoisotopic (exact) mass is 440 g/mol. The zero-order chi connectivity index (χ0) is 22.5. The number of hydrogen-bond donors (Lipinski definition) is 0. The minimum absolute atomic E-state index is 0.246. The van der Waals surface area contributed by atoms with Crippen LogP contribution >= 0.6 is 0 Å². The average Bonchev–Trinajstić information content (AvgIpc) is 3.42. The molecule has 0 N–H and O–H groups in total. The van der Waals surface area contributed by atoms with Gasteiger partial charge < -0.3 is 4.42 Å². The first-order valence-corrected chi connectivity index (χ1v) is 10.4. The van der Waals surface area contributed by atoms with E-state index in [1.807, 2.05) is 30.3 Å². The highest BCUT2D eigenvalue weighted by Crippen LogP contribution is 2.37. The lowest BCUT2D eigenvalue weighted by Crippen LogP contribution is -2.38. The summed E-state index contributed by atoms with van der Waals surface area (Å²) in [5, 5.41) is 8.64. The number of carbonyl (C=O) groups excluding carboxylic acids is 1. The molecule has 0 unspecified atom stereocenters. The van der Waals surface area contributed by atoms with Gasteiger partial charge in [0.15, 0.2) is 11.6 Å². The molecule has 0 aliphatic carbocycles. The van der Waals surface area contributed by atoms with Crippen LogP contribution in [0.1, 0.15) is 16.1 Å². The molecule has 33 heavy (non-hydrogen) atoms. The van der Waals surface area contributed by atoms with Crippen LogP contribution in [0.25, 0.3) is 33.8 Å². The van der Waals surface area contributed by atoms with Crippen LogP contribution in [0, 0.1) is 5.82 Å². The van der Waals surface area contributed by atoms with Crippen LogP contribution in [0.5, 0.6) is 0 Å². The van der Waals surface area contributed by atoms with Crippen LogP contribution in [0.2, 0.25) is 0 Å². The van der Waals surface area contributed by atoms with Crippen molar-refractivity contribution in [2.45, 2.75) is 6.42 Å². The number of halogens is 1. The Balaban J connectivity index is 1.50. The number of rotatable bonds is 3. The van der Waals surface area contributed by atoms with Crippen LogP contribution in [0.4, 0.5) is 10.2 Å². The summed E-state index contributed by atoms with van der Waals surface area (Å²) < 4.78 is 19.7. The number of oxazole rings is 1. The Kier molecular flexibility index (Phi) is 4.29. The van der Waals surface area contributed by atoms with Crippen molar-refractivity contribution in [1.29, 1.82) is 0 Å². The van der Waals surface area contributed by atoms with E-state index in [0.717, 1.165) is 11.1 Å². The van der Waals surface area contributed by atoms with Crippen molar-refractivity contribution in [3.63, 3.8) is 0 Å². The number of nitrogens with zero attached hydrogens (tertiary/aromatic N) is 6. The first-order chi connectivity index (χ1) is 16.1. The van der Waals surface area contributed by atoms with E-state index in [1.165, 1.54) is 16.9 Å². The molecular weight excluding hydrogens is 423 g/mol. The molecule has 0 bridgehead atoms. The number of benzene rings is 2. The standard InChI is InChI=1S/C24H17FN6O2/c1-30-28-18-9-6-16(13-19(18)29-30)23-27-22(21(33-23)15-4-7-17(25)8-5-15)31-12-10-14-3-2-11-26-20(14)24(31)32/h2-9,11,13H,10,12H2,1H3. The third-order valence-electron chi connectivity index (χ3n) is 5.64. The van der Waals surface area contributed by atoms with Gasteiger partial charge in [-0.05, 0) is 60.5 Å². The van der Waals surface area contributed by atoms with Gasteiger partial charge in [0.05, 0.1) is 0 Å². The Hall–Kier alpha value is -4.40. The Morgan fingerprint density at radius 1 is 1.00 bits per heavy atom. The van der Waals surface area contributed by atoms with Gasteiger partial charge in [-0.3, -0.25) is 14.7 Å². The molecule has 1 amide bonds. The number of aryl methyl sites for hydroxylation is 1. The molecular formula is C24H17FN6O2. The number of fused-ring (bicyclic) bond motifs is 2. The van der Waals surface area contributed by atoms with Gasteiger partial charge in [-0.2, -0.15) is 20.0 Å². The fraction of sp³-hybridized carbons (Fsp3) is 0.125. The second-order valence-corrected chi connectivity index (χ2v) is 7.79. The molecule has 1 aliphatic heterocycles. The highest BCUT2D eigenvalue weighted by atomic mass is 19.1. The number of carbonyl (C=O) groups is 1. The molecule has 3 aromatic heterocycles. The smallest absolute Gasteiger partial charge is 0.278 e. The van der Waals surface area contributed by atoms with Gasteiger partial charge in [0.2, 0.25) is 5.89 Å². The fourth-order valence-electron chi connectivity index (χ4n) is 4.06. The summed E-state index contributed by atoms with van der Waals surface area (Å²) >= 11 is 0. The molecule has 0 saturated heterocycles. The number of amides is 1. The number of hydrogen-bond acceptors (Lipinski definition) is 6. The maximum absolute atomic E-state index is 13.6. The van der Waals surface area contributed by atoms with Gasteiger partial charge in [-0.1, -0.05) is 6.07 Å². The van der Waals surface area contributed by atoms with Gasteiger partial charge in [-0.25, -0.2) is 4.39 Å². The molecule has 8 nitrogen and oxygen atoms in total. The van der Waals surface area contributed by atoms with Crippen LogP contribution < -0.4 is 4.90 Å². The summed E-state index contributed by atoms with van der Waals surface area (Å²) in [5.41, 5.74) is 4.06. The van der Waals surface area contributed by atoms with Crippen LogP contribution in [0.15, 0.2) is 65.2 Å². The van der Waals surface area contributed by atoms with Crippen molar-refractivity contribution < 1.29 is 13.6 Å². The highest BCUT2D eigenvalue weighted by Gasteiger charge is 2.32. The normalized spacial score (nSPS) is 13.5. The zero-order valence-electron chi connectivity index (χ0n) is 17.6. The van der Waals surface area contributed by atoms with Gasteiger partial charge in [0.1, 0.15) is 22.5 Å². The summed E-state index contributed by atoms with van der Waals surface area (Å²) in [6.07, 6.45) is 2.25. The summed E-state index contributed by atoms with van der Waals surface area (Å²) in [6.45, 7) is 0.431. The Bertz CT molecular complexity index is 1520. The molecule has 1 aliphatic rings. The van der Waals surface area contributed by atoms with E-state index >= 15 is 0 Å². The van der Waals surface area contributed by atoms with Crippen molar-refractivity contribution in [3.05, 3.63) is 77.9 Å². The lowest BCUT2D eigenvalue weighted by Gasteiger charge is -2.26. The Labute approximate surface area is 187 Å². The molecule has 0 spiro atoms. The summed E-state index contributed by atoms with van der Waals surface area (Å²) in [4.78, 5) is 25.3. The average molecular weight is 440 g/mol. The molecule has 162 valence electrons. The van der Waals surface area contributed by atoms with E-state index in [9.17, 15) is 9.18 Å². The number of anilines is 1. The van der Waals surface area contributed by atoms with E-state index < -0.39 is 0 Å². The van der Waals surface area contributed by atoms with Crippen molar-refractivity contribution in [2.75, 3.05) is 11.4 Å². The SMILES string of the molecule is Cn1nc2ccc(-c3nc(N4CCc5cccnc5C4=O)c(-c4ccc(F)cc4)o3)cc2n1. The third kappa shape index (κ3) is 3.25. The van der Waals surface area contributed by atoms with Crippen molar-refractivity contribution in [3.8, 4) is 22.8 Å². The predicted molar refractivity (Wildman–Crippen MR) is 119 cm³/mol. The fourth-order valence-corrected chi connectivity index (χ4v) is 4.06. The van der Waals surface area contributed by atoms with Gasteiger partial charge in [0, 0.05) is 30.9 Å². The quantitative estimate of drug-likeness (QED) is 0.421. The summed E-state index contributed by atoms with van der Waals surface area (Å²) in [6, 6.07) is 15.2. The molecule has 6 rings (SSSR count). The molecule has 4 heterocycles. The van der Waals surface area contributed by atoms with Crippen LogP contribution in [-0.4, -0.2) is 37.4 Å². The predicted octanol–water partition coefficient (Wildman–Crippen LogP) is 4.03. The second-order valence-electron chi connectivity index (χ2n) is 7.79. The highest BCUT2D eigenvalue weighted by molar-refractivity contribution is 6.07. The number of pyridine rings is 1. The number of aromatic nitrogens is 5. The van der Waals surface area contributed by atoms with Crippen molar-refractivity contribution in [2.24, 2.45) is 7.05 Å². The molecule has 5 aromatic rings. The topological polar surface area (TPSA) is 89.9 Å². The van der Waals surface area contributed by atoms with Gasteiger partial charge in [0.25, 0.3) is 5.91 Å². The Morgan fingerprint density at radius 2 is 1.79 bits per heavy atom. The largest absolute Gasteiger partial charge is 0.434 e. The van der Waals surface area contributed by atoms with E-state index in [1.54, 1.807) is 30.3 Å². The maximum atomic E-state index is 13.6. The first kappa shape index (κ1) is 19.3. The van der Waals surface area contributed by atoms with Crippen LogP contribution in [0.3, 0.4) is 0 Å². The molecule has 0 radical (unpaired) electrons. The van der Waals surface area contributed by atoms with E-state index in [4.69, 9.17) is 9.40 Å². The minimum atomic E-state index is -0.361. The van der Waals surface area contributed by atoms with Gasteiger partial charge in [-0.15, -0.1) is 0 Å². The lowest BCUT2D eigenvalue weighted by atomic mass is 10.0. The van der Waals surface area contributed by atoms with Crippen molar-refractivity contribution in [1.82, 2.24) is 25.0 Å². The zero-order valence-corrected chi connectivity index (χ0v) is 17.6. The summed E-state index contributed by atoms with van der Waals surface area (Å²) in [5.74, 6) is 0.482. The molecule has 0 saturated carbocycles. The van der Waals surface area contributed by atoms with Gasteiger partial charge >= 0.3 is 0 Å². The van der Waals surface area contributed by atoms with E-state index in [2.05, 4.69) is 15.2 Å². The Morgan fingerprint density at radius 3 is 2.64 bits per heavy atom. The first-order valence-electron chi connectivity index (χ1n) is 10.4. The third-order valence-corrected chi connectivity index (χ3v) is 5.64. The van der Waals surface area contributed by atoms with Crippen LogP contribution in [-0.2, 0) is 13.5 Å². The molecule has 0 atom stereocenters.